The zero-order chi connectivity index (χ0) is 18.2. The van der Waals surface area contributed by atoms with Crippen molar-refractivity contribution in [1.82, 2.24) is 0 Å². The van der Waals surface area contributed by atoms with Crippen molar-refractivity contribution in [3.8, 4) is 0 Å². The molecule has 0 N–H and O–H groups in total. The summed E-state index contributed by atoms with van der Waals surface area (Å²) >= 11 is 0. The van der Waals surface area contributed by atoms with Gasteiger partial charge in [-0.1, -0.05) is 20.8 Å². The van der Waals surface area contributed by atoms with Gasteiger partial charge >= 0.3 is 0 Å². The number of hydrogen-bond acceptors (Lipinski definition) is 2. The van der Waals surface area contributed by atoms with E-state index in [2.05, 4.69) is 20.8 Å². The van der Waals surface area contributed by atoms with Crippen LogP contribution in [-0.4, -0.2) is 17.7 Å². The van der Waals surface area contributed by atoms with Gasteiger partial charge in [0.1, 0.15) is 11.6 Å². The van der Waals surface area contributed by atoms with Crippen LogP contribution in [0.5, 0.6) is 0 Å². The summed E-state index contributed by atoms with van der Waals surface area (Å²) in [6, 6.07) is 4.77. The lowest BCUT2D eigenvalue weighted by molar-refractivity contribution is -0.134. The number of hydrogen-bond donors (Lipinski definition) is 0. The van der Waals surface area contributed by atoms with E-state index >= 15 is 0 Å². The third-order valence-corrected chi connectivity index (χ3v) is 7.91. The second kappa shape index (κ2) is 4.93. The molecule has 0 aromatic heterocycles. The molecule has 2 bridgehead atoms. The molecule has 3 aliphatic rings. The van der Waals surface area contributed by atoms with Crippen LogP contribution in [0.15, 0.2) is 18.2 Å². The molecule has 4 rings (SSSR count). The van der Waals surface area contributed by atoms with Crippen LogP contribution in [-0.2, 0) is 16.0 Å². The zero-order valence-electron chi connectivity index (χ0n) is 15.5. The zero-order valence-corrected chi connectivity index (χ0v) is 15.5. The predicted molar refractivity (Wildman–Crippen MR) is 94.8 cm³/mol. The number of nitrogens with zero attached hydrogens (tertiary/aromatic N) is 1. The number of carbonyl (C=O) groups excluding carboxylic acids is 2. The maximum atomic E-state index is 13.8. The molecule has 0 radical (unpaired) electrons. The smallest absolute Gasteiger partial charge is 0.234 e. The Morgan fingerprint density at radius 1 is 1.24 bits per heavy atom. The first-order valence-electron chi connectivity index (χ1n) is 9.29. The van der Waals surface area contributed by atoms with Crippen molar-refractivity contribution in [3.63, 3.8) is 0 Å². The Kier molecular flexibility index (Phi) is 3.30. The van der Waals surface area contributed by atoms with E-state index in [9.17, 15) is 14.0 Å². The van der Waals surface area contributed by atoms with Gasteiger partial charge in [-0.25, -0.2) is 4.39 Å². The number of benzene rings is 1. The minimum absolute atomic E-state index is 0.0622. The molecule has 2 aliphatic carbocycles. The molecule has 0 spiro atoms. The first kappa shape index (κ1) is 16.7. The maximum Gasteiger partial charge on any atom is 0.234 e. The summed E-state index contributed by atoms with van der Waals surface area (Å²) in [6.45, 7) is 8.26. The van der Waals surface area contributed by atoms with E-state index < -0.39 is 10.8 Å². The fourth-order valence-electron chi connectivity index (χ4n) is 5.59. The van der Waals surface area contributed by atoms with E-state index in [4.69, 9.17) is 0 Å². The van der Waals surface area contributed by atoms with Crippen molar-refractivity contribution in [2.45, 2.75) is 65.8 Å². The third-order valence-electron chi connectivity index (χ3n) is 7.91. The third kappa shape index (κ3) is 1.86. The van der Waals surface area contributed by atoms with Gasteiger partial charge in [-0.05, 0) is 61.8 Å². The summed E-state index contributed by atoms with van der Waals surface area (Å²) in [4.78, 5) is 28.4. The van der Waals surface area contributed by atoms with E-state index in [0.29, 0.717) is 6.42 Å². The lowest BCUT2D eigenvalue weighted by Gasteiger charge is -2.45. The van der Waals surface area contributed by atoms with Crippen LogP contribution in [0.25, 0.3) is 0 Å². The maximum absolute atomic E-state index is 13.8. The van der Waals surface area contributed by atoms with Crippen molar-refractivity contribution < 1.29 is 14.0 Å². The van der Waals surface area contributed by atoms with Crippen molar-refractivity contribution in [2.24, 2.45) is 16.2 Å². The van der Waals surface area contributed by atoms with Crippen LogP contribution in [0.4, 0.5) is 10.1 Å². The Balaban J connectivity index is 1.81. The molecule has 1 amide bonds. The molecular weight excluding hydrogens is 317 g/mol. The highest BCUT2D eigenvalue weighted by Gasteiger charge is 2.73. The Hall–Kier alpha value is -1.71. The lowest BCUT2D eigenvalue weighted by Crippen LogP contribution is -2.53. The monoisotopic (exact) mass is 343 g/mol. The van der Waals surface area contributed by atoms with Gasteiger partial charge < -0.3 is 4.90 Å². The van der Waals surface area contributed by atoms with Crippen molar-refractivity contribution in [3.05, 3.63) is 29.6 Å². The van der Waals surface area contributed by atoms with Crippen molar-refractivity contribution in [1.29, 1.82) is 0 Å². The van der Waals surface area contributed by atoms with E-state index in [0.717, 1.165) is 36.9 Å². The molecule has 1 heterocycles. The molecule has 3 nitrogen and oxygen atoms in total. The molecule has 2 saturated carbocycles. The Bertz CT molecular complexity index is 786. The minimum Gasteiger partial charge on any atom is -0.309 e. The van der Waals surface area contributed by atoms with Gasteiger partial charge in [0, 0.05) is 23.6 Å². The Labute approximate surface area is 148 Å². The number of amides is 1. The van der Waals surface area contributed by atoms with Crippen LogP contribution in [0, 0.1) is 22.1 Å². The van der Waals surface area contributed by atoms with E-state index in [1.807, 2.05) is 11.8 Å². The van der Waals surface area contributed by atoms with Gasteiger partial charge in [-0.3, -0.25) is 9.59 Å². The molecule has 2 fully saturated rings. The first-order chi connectivity index (χ1) is 11.6. The van der Waals surface area contributed by atoms with E-state index in [1.54, 1.807) is 12.1 Å². The average Bonchev–Trinajstić information content (AvgIpc) is 2.85. The second-order valence-electron chi connectivity index (χ2n) is 8.98. The number of anilines is 1. The Morgan fingerprint density at radius 2 is 1.96 bits per heavy atom. The molecule has 1 aliphatic heterocycles. The molecule has 0 saturated heterocycles. The number of aryl methyl sites for hydroxylation is 1. The average molecular weight is 343 g/mol. The van der Waals surface area contributed by atoms with Crippen molar-refractivity contribution >= 4 is 17.4 Å². The summed E-state index contributed by atoms with van der Waals surface area (Å²) in [6.07, 6.45) is 3.49. The highest BCUT2D eigenvalue weighted by molar-refractivity contribution is 6.06. The van der Waals surface area contributed by atoms with Gasteiger partial charge in [-0.2, -0.15) is 0 Å². The summed E-state index contributed by atoms with van der Waals surface area (Å²) in [7, 11) is 0. The van der Waals surface area contributed by atoms with Crippen LogP contribution >= 0.6 is 0 Å². The van der Waals surface area contributed by atoms with E-state index in [1.165, 1.54) is 6.07 Å². The highest BCUT2D eigenvalue weighted by atomic mass is 19.1. The quantitative estimate of drug-likeness (QED) is 0.763. The highest BCUT2D eigenvalue weighted by Crippen LogP contribution is 2.71. The Morgan fingerprint density at radius 3 is 2.56 bits per heavy atom. The lowest BCUT2D eigenvalue weighted by atomic mass is 9.64. The van der Waals surface area contributed by atoms with Gasteiger partial charge in [0.2, 0.25) is 5.91 Å². The molecule has 134 valence electrons. The predicted octanol–water partition coefficient (Wildman–Crippen LogP) is 4.28. The fourth-order valence-corrected chi connectivity index (χ4v) is 5.59. The summed E-state index contributed by atoms with van der Waals surface area (Å²) in [5.41, 5.74) is 0.323. The minimum atomic E-state index is -0.629. The van der Waals surface area contributed by atoms with Gasteiger partial charge in [-0.15, -0.1) is 0 Å². The molecule has 3 atom stereocenters. The summed E-state index contributed by atoms with van der Waals surface area (Å²) in [5.74, 6) is 0.0249. The van der Waals surface area contributed by atoms with E-state index in [-0.39, 0.29) is 29.0 Å². The summed E-state index contributed by atoms with van der Waals surface area (Å²) in [5, 5.41) is 0. The van der Waals surface area contributed by atoms with Gasteiger partial charge in [0.15, 0.2) is 0 Å². The van der Waals surface area contributed by atoms with Gasteiger partial charge in [0.05, 0.1) is 5.41 Å². The molecular formula is C21H26FNO2. The molecule has 1 aromatic carbocycles. The van der Waals surface area contributed by atoms with Crippen LogP contribution < -0.4 is 4.90 Å². The molecule has 1 aromatic rings. The first-order valence-corrected chi connectivity index (χ1v) is 9.29. The number of Topliss-reactive ketones (excluding diaryl/α,β-unsaturated/α-hetero) is 1. The standard InChI is InChI=1S/C21H26FNO2/c1-13-5-6-14-11-15(22)7-8-16(14)23(13)18(25)21-10-9-20(4,17(24)12-21)19(21,2)3/h7-8,11,13H,5-6,9-10,12H2,1-4H3/t13-,20-,21+/m0/s1. The SMILES string of the molecule is C[C@H]1CCc2cc(F)ccc2N1C(=O)[C@@]12CC[C@@](C)(C(=O)C1)C2(C)C. The van der Waals surface area contributed by atoms with Gasteiger partial charge in [0.25, 0.3) is 0 Å². The topological polar surface area (TPSA) is 37.4 Å². The largest absolute Gasteiger partial charge is 0.309 e. The number of rotatable bonds is 1. The number of carbonyl (C=O) groups is 2. The molecule has 4 heteroatoms. The second-order valence-corrected chi connectivity index (χ2v) is 8.98. The summed E-state index contributed by atoms with van der Waals surface area (Å²) < 4.78 is 13.6. The fraction of sp³-hybridized carbons (Fsp3) is 0.619. The van der Waals surface area contributed by atoms with Crippen molar-refractivity contribution in [2.75, 3.05) is 4.90 Å². The normalized spacial score (nSPS) is 35.8. The van der Waals surface area contributed by atoms with Crippen LogP contribution in [0.2, 0.25) is 0 Å². The number of fused-ring (bicyclic) bond motifs is 3. The number of ketones is 1. The molecule has 0 unspecified atom stereocenters. The number of halogens is 1. The van der Waals surface area contributed by atoms with Crippen LogP contribution in [0.3, 0.4) is 0 Å². The van der Waals surface area contributed by atoms with Crippen LogP contribution in [0.1, 0.15) is 58.9 Å². The molecule has 25 heavy (non-hydrogen) atoms.